The summed E-state index contributed by atoms with van der Waals surface area (Å²) in [4.78, 5) is 0. The van der Waals surface area contributed by atoms with Gasteiger partial charge < -0.3 is 9.47 Å². The SMILES string of the molecule is COc1cc(C)ccc1OCC(C)(C)CS(=O)(=O)Cl. The summed E-state index contributed by atoms with van der Waals surface area (Å²) in [6, 6.07) is 5.57. The van der Waals surface area contributed by atoms with Crippen molar-refractivity contribution in [1.29, 1.82) is 0 Å². The molecule has 108 valence electrons. The highest BCUT2D eigenvalue weighted by Crippen LogP contribution is 2.30. The van der Waals surface area contributed by atoms with Crippen LogP contribution in [0.1, 0.15) is 19.4 Å². The van der Waals surface area contributed by atoms with E-state index in [0.29, 0.717) is 11.5 Å². The van der Waals surface area contributed by atoms with Gasteiger partial charge in [-0.25, -0.2) is 8.42 Å². The predicted octanol–water partition coefficient (Wildman–Crippen LogP) is 2.98. The van der Waals surface area contributed by atoms with E-state index < -0.39 is 14.5 Å². The summed E-state index contributed by atoms with van der Waals surface area (Å²) in [6.45, 7) is 5.76. The van der Waals surface area contributed by atoms with Gasteiger partial charge in [-0.05, 0) is 24.6 Å². The zero-order valence-corrected chi connectivity index (χ0v) is 13.1. The molecular formula is C13H19ClO4S. The fourth-order valence-electron chi connectivity index (χ4n) is 1.68. The maximum atomic E-state index is 11.1. The second kappa shape index (κ2) is 6.01. The third-order valence-corrected chi connectivity index (χ3v) is 3.95. The largest absolute Gasteiger partial charge is 0.493 e. The first-order chi connectivity index (χ1) is 8.63. The Kier molecular flexibility index (Phi) is 5.10. The van der Waals surface area contributed by atoms with Crippen molar-refractivity contribution < 1.29 is 17.9 Å². The third kappa shape index (κ3) is 5.70. The highest BCUT2D eigenvalue weighted by molar-refractivity contribution is 8.13. The quantitative estimate of drug-likeness (QED) is 0.758. The molecule has 1 aromatic carbocycles. The van der Waals surface area contributed by atoms with E-state index in [2.05, 4.69) is 0 Å². The van der Waals surface area contributed by atoms with Gasteiger partial charge in [-0.1, -0.05) is 19.9 Å². The van der Waals surface area contributed by atoms with Gasteiger partial charge in [-0.2, -0.15) is 0 Å². The molecular weight excluding hydrogens is 288 g/mol. The molecule has 19 heavy (non-hydrogen) atoms. The summed E-state index contributed by atoms with van der Waals surface area (Å²) < 4.78 is 33.1. The second-order valence-corrected chi connectivity index (χ2v) is 8.07. The number of halogens is 1. The fraction of sp³-hybridized carbons (Fsp3) is 0.538. The molecule has 0 aliphatic carbocycles. The van der Waals surface area contributed by atoms with Crippen LogP contribution in [0.4, 0.5) is 0 Å². The van der Waals surface area contributed by atoms with Crippen LogP contribution in [0.5, 0.6) is 11.5 Å². The number of ether oxygens (including phenoxy) is 2. The summed E-state index contributed by atoms with van der Waals surface area (Å²) in [7, 11) is 3.29. The molecule has 0 aliphatic heterocycles. The molecule has 0 aliphatic rings. The van der Waals surface area contributed by atoms with Crippen molar-refractivity contribution in [3.63, 3.8) is 0 Å². The molecule has 0 saturated heterocycles. The minimum absolute atomic E-state index is 0.143. The molecule has 0 bridgehead atoms. The average molecular weight is 307 g/mol. The highest BCUT2D eigenvalue weighted by Gasteiger charge is 2.26. The summed E-state index contributed by atoms with van der Waals surface area (Å²) >= 11 is 0. The van der Waals surface area contributed by atoms with Gasteiger partial charge in [0, 0.05) is 16.1 Å². The zero-order valence-electron chi connectivity index (χ0n) is 11.6. The van der Waals surface area contributed by atoms with Crippen LogP contribution in [0.3, 0.4) is 0 Å². The van der Waals surface area contributed by atoms with Crippen LogP contribution < -0.4 is 9.47 Å². The number of hydrogen-bond acceptors (Lipinski definition) is 4. The molecule has 0 fully saturated rings. The van der Waals surface area contributed by atoms with Crippen molar-refractivity contribution in [2.45, 2.75) is 20.8 Å². The molecule has 0 amide bonds. The van der Waals surface area contributed by atoms with E-state index in [1.807, 2.05) is 19.1 Å². The summed E-state index contributed by atoms with van der Waals surface area (Å²) in [6.07, 6.45) is 0. The minimum Gasteiger partial charge on any atom is -0.493 e. The van der Waals surface area contributed by atoms with Crippen molar-refractivity contribution >= 4 is 19.7 Å². The van der Waals surface area contributed by atoms with E-state index in [1.54, 1.807) is 27.0 Å². The lowest BCUT2D eigenvalue weighted by Gasteiger charge is -2.23. The maximum Gasteiger partial charge on any atom is 0.233 e. The number of rotatable bonds is 6. The van der Waals surface area contributed by atoms with Gasteiger partial charge in [-0.3, -0.25) is 0 Å². The minimum atomic E-state index is -3.55. The van der Waals surface area contributed by atoms with E-state index in [-0.39, 0.29) is 12.4 Å². The highest BCUT2D eigenvalue weighted by atomic mass is 35.7. The number of aryl methyl sites for hydroxylation is 1. The number of hydrogen-bond donors (Lipinski definition) is 0. The molecule has 0 heterocycles. The Labute approximate surface area is 119 Å². The van der Waals surface area contributed by atoms with Gasteiger partial charge in [0.05, 0.1) is 19.5 Å². The van der Waals surface area contributed by atoms with Crippen LogP contribution in [-0.4, -0.2) is 27.9 Å². The van der Waals surface area contributed by atoms with Gasteiger partial charge in [0.2, 0.25) is 9.05 Å². The van der Waals surface area contributed by atoms with Gasteiger partial charge >= 0.3 is 0 Å². The number of methoxy groups -OCH3 is 1. The lowest BCUT2D eigenvalue weighted by atomic mass is 9.98. The monoisotopic (exact) mass is 306 g/mol. The lowest BCUT2D eigenvalue weighted by molar-refractivity contribution is 0.193. The van der Waals surface area contributed by atoms with Gasteiger partial charge in [0.25, 0.3) is 0 Å². The van der Waals surface area contributed by atoms with E-state index in [9.17, 15) is 8.42 Å². The van der Waals surface area contributed by atoms with Crippen LogP contribution >= 0.6 is 10.7 Å². The van der Waals surface area contributed by atoms with E-state index in [4.69, 9.17) is 20.2 Å². The maximum absolute atomic E-state index is 11.1. The normalized spacial score (nSPS) is 12.3. The number of benzene rings is 1. The van der Waals surface area contributed by atoms with Gasteiger partial charge in [0.15, 0.2) is 11.5 Å². The first kappa shape index (κ1) is 16.1. The third-order valence-electron chi connectivity index (χ3n) is 2.50. The molecule has 0 radical (unpaired) electrons. The Morgan fingerprint density at radius 1 is 1.26 bits per heavy atom. The standard InChI is InChI=1S/C13H19ClO4S/c1-10-5-6-11(12(7-10)17-4)18-8-13(2,3)9-19(14,15)16/h5-7H,8-9H2,1-4H3. The summed E-state index contributed by atoms with van der Waals surface area (Å²) in [5.74, 6) is 1.08. The zero-order chi connectivity index (χ0) is 14.7. The molecule has 0 aromatic heterocycles. The Morgan fingerprint density at radius 3 is 2.42 bits per heavy atom. The molecule has 1 rings (SSSR count). The molecule has 0 unspecified atom stereocenters. The van der Waals surface area contributed by atoms with Crippen molar-refractivity contribution in [3.8, 4) is 11.5 Å². The second-order valence-electron chi connectivity index (χ2n) is 5.29. The Bertz CT molecular complexity index is 538. The Hall–Kier alpha value is -0.940. The molecule has 0 saturated carbocycles. The lowest BCUT2D eigenvalue weighted by Crippen LogP contribution is -2.28. The van der Waals surface area contributed by atoms with Crippen LogP contribution in [-0.2, 0) is 9.05 Å². The fourth-order valence-corrected chi connectivity index (χ4v) is 3.58. The van der Waals surface area contributed by atoms with Crippen molar-refractivity contribution in [1.82, 2.24) is 0 Å². The first-order valence-electron chi connectivity index (χ1n) is 5.83. The predicted molar refractivity (Wildman–Crippen MR) is 76.6 cm³/mol. The van der Waals surface area contributed by atoms with E-state index in [0.717, 1.165) is 5.56 Å². The van der Waals surface area contributed by atoms with Crippen LogP contribution in [0, 0.1) is 12.3 Å². The van der Waals surface area contributed by atoms with Crippen LogP contribution in [0.25, 0.3) is 0 Å². The molecule has 6 heteroatoms. The summed E-state index contributed by atoms with van der Waals surface area (Å²) in [5.41, 5.74) is 0.489. The smallest absolute Gasteiger partial charge is 0.233 e. The van der Waals surface area contributed by atoms with Crippen molar-refractivity contribution in [2.75, 3.05) is 19.5 Å². The molecule has 4 nitrogen and oxygen atoms in total. The Morgan fingerprint density at radius 2 is 1.89 bits per heavy atom. The molecule has 1 aromatic rings. The van der Waals surface area contributed by atoms with E-state index in [1.165, 1.54) is 0 Å². The van der Waals surface area contributed by atoms with E-state index >= 15 is 0 Å². The van der Waals surface area contributed by atoms with Crippen molar-refractivity contribution in [3.05, 3.63) is 23.8 Å². The Balaban J connectivity index is 2.76. The topological polar surface area (TPSA) is 52.6 Å². The first-order valence-corrected chi connectivity index (χ1v) is 8.31. The van der Waals surface area contributed by atoms with Crippen LogP contribution in [0.2, 0.25) is 0 Å². The molecule has 0 spiro atoms. The summed E-state index contributed by atoms with van der Waals surface area (Å²) in [5, 5.41) is 0. The average Bonchev–Trinajstić information content (AvgIpc) is 2.24. The van der Waals surface area contributed by atoms with Crippen molar-refractivity contribution in [2.24, 2.45) is 5.41 Å². The van der Waals surface area contributed by atoms with Crippen LogP contribution in [0.15, 0.2) is 18.2 Å². The van der Waals surface area contributed by atoms with Gasteiger partial charge in [-0.15, -0.1) is 0 Å². The molecule has 0 N–H and O–H groups in total. The van der Waals surface area contributed by atoms with Gasteiger partial charge in [0.1, 0.15) is 0 Å². The molecule has 0 atom stereocenters.